The van der Waals surface area contributed by atoms with E-state index in [4.69, 9.17) is 5.26 Å². The van der Waals surface area contributed by atoms with Gasteiger partial charge < -0.3 is 4.80 Å². The van der Waals surface area contributed by atoms with Gasteiger partial charge in [-0.1, -0.05) is 44.2 Å². The number of nitriles is 1. The molecule has 1 aromatic carbocycles. The Hall–Kier alpha value is -1.11. The average molecular weight is 217 g/mol. The van der Waals surface area contributed by atoms with Crippen molar-refractivity contribution in [2.75, 3.05) is 0 Å². The first-order valence-corrected chi connectivity index (χ1v) is 6.00. The predicted molar refractivity (Wildman–Crippen MR) is 61.2 cm³/mol. The molecule has 0 saturated carbocycles. The number of benzene rings is 1. The maximum Gasteiger partial charge on any atom is 0.237 e. The third-order valence-electron chi connectivity index (χ3n) is 2.87. The van der Waals surface area contributed by atoms with Crippen LogP contribution in [-0.2, 0) is 5.04 Å². The Balaban J connectivity index is 3.11. The van der Waals surface area contributed by atoms with Crippen molar-refractivity contribution in [1.29, 1.82) is 5.26 Å². The highest BCUT2D eigenvalue weighted by atomic mass is 28.2. The van der Waals surface area contributed by atoms with Crippen molar-refractivity contribution >= 4 is 9.76 Å². The van der Waals surface area contributed by atoms with Gasteiger partial charge in [-0.15, -0.1) is 0 Å². The molecule has 0 spiro atoms. The van der Waals surface area contributed by atoms with E-state index in [0.29, 0.717) is 0 Å². The molecule has 15 heavy (non-hydrogen) atoms. The highest BCUT2D eigenvalue weighted by molar-refractivity contribution is 6.31. The van der Waals surface area contributed by atoms with E-state index in [1.165, 1.54) is 0 Å². The summed E-state index contributed by atoms with van der Waals surface area (Å²) in [5.74, 6) is -0.136. The molecule has 0 bridgehead atoms. The van der Waals surface area contributed by atoms with Gasteiger partial charge in [0.15, 0.2) is 0 Å². The zero-order valence-electron chi connectivity index (χ0n) is 9.07. The third-order valence-corrected chi connectivity index (χ3v) is 3.97. The summed E-state index contributed by atoms with van der Waals surface area (Å²) in [6, 6.07) is 12.1. The average Bonchev–Trinajstić information content (AvgIpc) is 2.31. The fourth-order valence-corrected chi connectivity index (χ4v) is 2.48. The van der Waals surface area contributed by atoms with Crippen molar-refractivity contribution in [2.45, 2.75) is 25.3 Å². The van der Waals surface area contributed by atoms with E-state index in [0.717, 1.165) is 12.0 Å². The lowest BCUT2D eigenvalue weighted by molar-refractivity contribution is 0.424. The lowest BCUT2D eigenvalue weighted by Gasteiger charge is -2.30. The van der Waals surface area contributed by atoms with E-state index >= 15 is 0 Å². The van der Waals surface area contributed by atoms with Crippen LogP contribution in [0.4, 0.5) is 0 Å². The van der Waals surface area contributed by atoms with Gasteiger partial charge in [0.25, 0.3) is 0 Å². The molecule has 0 aromatic heterocycles. The minimum absolute atomic E-state index is 0.136. The molecule has 0 aliphatic carbocycles. The minimum Gasteiger partial charge on any atom is -0.431 e. The Kier molecular flexibility index (Phi) is 4.07. The van der Waals surface area contributed by atoms with Crippen LogP contribution in [0.3, 0.4) is 0 Å². The molecule has 1 aromatic rings. The standard InChI is InChI=1S/C12H15NOSi/c1-3-10(9-13)12(2,15-14)11-7-5-4-6-8-11/h4-8,10,14H,3H2,1-2H3. The van der Waals surface area contributed by atoms with Gasteiger partial charge in [0, 0.05) is 5.04 Å². The molecule has 0 fully saturated rings. The summed E-state index contributed by atoms with van der Waals surface area (Å²) in [5, 5.41) is 8.67. The first kappa shape index (κ1) is 12.0. The van der Waals surface area contributed by atoms with Crippen molar-refractivity contribution in [1.82, 2.24) is 0 Å². The zero-order valence-corrected chi connectivity index (χ0v) is 10.1. The largest absolute Gasteiger partial charge is 0.431 e. The lowest BCUT2D eigenvalue weighted by Crippen LogP contribution is -2.37. The highest BCUT2D eigenvalue weighted by Gasteiger charge is 2.35. The monoisotopic (exact) mass is 217 g/mol. The molecule has 2 nitrogen and oxygen atoms in total. The summed E-state index contributed by atoms with van der Waals surface area (Å²) in [7, 11) is -0.249. The number of nitrogens with zero attached hydrogens (tertiary/aromatic N) is 1. The van der Waals surface area contributed by atoms with Crippen LogP contribution in [0.15, 0.2) is 30.3 Å². The quantitative estimate of drug-likeness (QED) is 0.785. The molecule has 78 valence electrons. The fraction of sp³-hybridized carbons (Fsp3) is 0.417. The Morgan fingerprint density at radius 3 is 2.47 bits per heavy atom. The van der Waals surface area contributed by atoms with Gasteiger partial charge in [0.2, 0.25) is 9.76 Å². The van der Waals surface area contributed by atoms with E-state index in [9.17, 15) is 4.80 Å². The van der Waals surface area contributed by atoms with Crippen molar-refractivity contribution in [3.8, 4) is 6.07 Å². The summed E-state index contributed by atoms with van der Waals surface area (Å²) in [6.45, 7) is 3.94. The second kappa shape index (κ2) is 5.10. The topological polar surface area (TPSA) is 44.0 Å². The Morgan fingerprint density at radius 2 is 2.07 bits per heavy atom. The zero-order chi connectivity index (χ0) is 11.3. The van der Waals surface area contributed by atoms with Crippen LogP contribution in [-0.4, -0.2) is 14.6 Å². The van der Waals surface area contributed by atoms with Crippen LogP contribution >= 0.6 is 0 Å². The minimum atomic E-state index is -0.426. The molecule has 3 heteroatoms. The van der Waals surface area contributed by atoms with Crippen LogP contribution in [0.25, 0.3) is 0 Å². The first-order valence-electron chi connectivity index (χ1n) is 5.05. The van der Waals surface area contributed by atoms with E-state index in [-0.39, 0.29) is 15.7 Å². The highest BCUT2D eigenvalue weighted by Crippen LogP contribution is 2.32. The summed E-state index contributed by atoms with van der Waals surface area (Å²) >= 11 is 0. The third kappa shape index (κ3) is 2.28. The van der Waals surface area contributed by atoms with Crippen LogP contribution < -0.4 is 0 Å². The maximum atomic E-state index is 9.55. The molecule has 0 amide bonds. The summed E-state index contributed by atoms with van der Waals surface area (Å²) in [6.07, 6.45) is 0.759. The first-order chi connectivity index (χ1) is 7.19. The van der Waals surface area contributed by atoms with Crippen LogP contribution in [0.5, 0.6) is 0 Å². The molecular formula is C12H15NOSi. The van der Waals surface area contributed by atoms with Crippen molar-refractivity contribution in [3.05, 3.63) is 35.9 Å². The Labute approximate surface area is 93.5 Å². The van der Waals surface area contributed by atoms with Crippen LogP contribution in [0.2, 0.25) is 0 Å². The molecule has 0 heterocycles. The van der Waals surface area contributed by atoms with E-state index in [2.05, 4.69) is 6.07 Å². The molecule has 2 radical (unpaired) electrons. The molecule has 2 atom stereocenters. The number of rotatable bonds is 4. The second-order valence-electron chi connectivity index (χ2n) is 3.77. The maximum absolute atomic E-state index is 9.55. The molecular weight excluding hydrogens is 202 g/mol. The second-order valence-corrected chi connectivity index (χ2v) is 5.03. The molecule has 0 aliphatic heterocycles. The van der Waals surface area contributed by atoms with E-state index in [1.807, 2.05) is 44.2 Å². The Morgan fingerprint density at radius 1 is 1.47 bits per heavy atom. The van der Waals surface area contributed by atoms with Crippen molar-refractivity contribution < 1.29 is 4.80 Å². The van der Waals surface area contributed by atoms with Gasteiger partial charge in [0.1, 0.15) is 0 Å². The molecule has 0 saturated heterocycles. The van der Waals surface area contributed by atoms with Crippen molar-refractivity contribution in [2.24, 2.45) is 5.92 Å². The van der Waals surface area contributed by atoms with Gasteiger partial charge in [0.05, 0.1) is 12.0 Å². The molecule has 1 rings (SSSR count). The summed E-state index contributed by atoms with van der Waals surface area (Å²) < 4.78 is 0. The lowest BCUT2D eigenvalue weighted by atomic mass is 9.85. The predicted octanol–water partition coefficient (Wildman–Crippen LogP) is 2.06. The smallest absolute Gasteiger partial charge is 0.237 e. The normalized spacial score (nSPS) is 16.4. The van der Waals surface area contributed by atoms with Crippen LogP contribution in [0.1, 0.15) is 25.8 Å². The van der Waals surface area contributed by atoms with Gasteiger partial charge in [-0.05, 0) is 12.0 Å². The molecule has 0 aliphatic rings. The van der Waals surface area contributed by atoms with Crippen molar-refractivity contribution in [3.63, 3.8) is 0 Å². The molecule has 2 unspecified atom stereocenters. The summed E-state index contributed by atoms with van der Waals surface area (Å²) in [5.41, 5.74) is 1.04. The SMILES string of the molecule is CCC(C#N)C(C)([Si]O)c1ccccc1. The fourth-order valence-electron chi connectivity index (χ4n) is 1.76. The van der Waals surface area contributed by atoms with Gasteiger partial charge in [-0.2, -0.15) is 5.26 Å². The number of hydrogen-bond donors (Lipinski definition) is 1. The van der Waals surface area contributed by atoms with E-state index in [1.54, 1.807) is 0 Å². The molecule has 1 N–H and O–H groups in total. The van der Waals surface area contributed by atoms with Gasteiger partial charge in [-0.25, -0.2) is 0 Å². The Bertz CT molecular complexity index is 346. The summed E-state index contributed by atoms with van der Waals surface area (Å²) in [4.78, 5) is 9.55. The van der Waals surface area contributed by atoms with Gasteiger partial charge in [-0.3, -0.25) is 0 Å². The van der Waals surface area contributed by atoms with E-state index < -0.39 is 5.04 Å². The van der Waals surface area contributed by atoms with Crippen LogP contribution in [0, 0.1) is 17.2 Å². The van der Waals surface area contributed by atoms with Gasteiger partial charge >= 0.3 is 0 Å². The number of hydrogen-bond acceptors (Lipinski definition) is 2.